The van der Waals surface area contributed by atoms with Crippen LogP contribution in [0.3, 0.4) is 0 Å². The number of anilines is 1. The Kier molecular flexibility index (Phi) is 6.68. The van der Waals surface area contributed by atoms with E-state index in [4.69, 9.17) is 9.47 Å². The van der Waals surface area contributed by atoms with Gasteiger partial charge in [-0.3, -0.25) is 29.9 Å². The van der Waals surface area contributed by atoms with E-state index in [1.54, 1.807) is 12.1 Å². The summed E-state index contributed by atoms with van der Waals surface area (Å²) in [6.45, 7) is 1.95. The number of allylic oxidation sites excluding steroid dienone is 2. The topological polar surface area (TPSA) is 134 Å². The number of fused-ring (bicyclic) bond motifs is 4. The molecule has 0 spiro atoms. The maximum atomic E-state index is 15.1. The number of ether oxygens (including phenoxy) is 2. The number of imide groups is 2. The molecule has 4 amide bonds. The summed E-state index contributed by atoms with van der Waals surface area (Å²) < 4.78 is 11.1. The highest BCUT2D eigenvalue weighted by atomic mass is 16.5. The van der Waals surface area contributed by atoms with Gasteiger partial charge < -0.3 is 14.6 Å². The third kappa shape index (κ3) is 4.08. The van der Waals surface area contributed by atoms with Gasteiger partial charge >= 0.3 is 0 Å². The zero-order chi connectivity index (χ0) is 31.6. The highest BCUT2D eigenvalue weighted by Gasteiger charge is 2.70. The van der Waals surface area contributed by atoms with Crippen molar-refractivity contribution in [2.75, 3.05) is 19.6 Å². The highest BCUT2D eigenvalue weighted by molar-refractivity contribution is 6.13. The fourth-order valence-corrected chi connectivity index (χ4v) is 8.11. The van der Waals surface area contributed by atoms with Crippen LogP contribution in [-0.4, -0.2) is 48.0 Å². The molecule has 6 atom stereocenters. The van der Waals surface area contributed by atoms with Gasteiger partial charge in [-0.15, -0.1) is 0 Å². The Hall–Kier alpha value is -5.12. The zero-order valence-corrected chi connectivity index (χ0v) is 25.1. The summed E-state index contributed by atoms with van der Waals surface area (Å²) in [5.74, 6) is -4.80. The van der Waals surface area contributed by atoms with E-state index in [9.17, 15) is 19.5 Å². The first kappa shape index (κ1) is 28.6. The highest BCUT2D eigenvalue weighted by Crippen LogP contribution is 2.64. The van der Waals surface area contributed by atoms with E-state index in [0.717, 1.165) is 16.1 Å². The van der Waals surface area contributed by atoms with E-state index in [1.807, 2.05) is 67.6 Å². The summed E-state index contributed by atoms with van der Waals surface area (Å²) in [5.41, 5.74) is 5.27. The van der Waals surface area contributed by atoms with Crippen LogP contribution in [0.15, 0.2) is 78.4 Å². The molecule has 2 aliphatic carbocycles. The first-order valence-electron chi connectivity index (χ1n) is 15.0. The van der Waals surface area contributed by atoms with Gasteiger partial charge in [-0.25, -0.2) is 0 Å². The number of hydrogen-bond donors (Lipinski definition) is 3. The van der Waals surface area contributed by atoms with E-state index < -0.39 is 46.8 Å². The monoisotopic (exact) mass is 607 g/mol. The lowest BCUT2D eigenvalue weighted by atomic mass is 9.49. The molecule has 2 aliphatic heterocycles. The molecular weight excluding hydrogens is 574 g/mol. The molecule has 10 nitrogen and oxygen atoms in total. The van der Waals surface area contributed by atoms with Gasteiger partial charge in [0, 0.05) is 5.92 Å². The number of aryl methyl sites for hydroxylation is 1. The Morgan fingerprint density at radius 1 is 0.911 bits per heavy atom. The van der Waals surface area contributed by atoms with Gasteiger partial charge in [0.1, 0.15) is 0 Å². The summed E-state index contributed by atoms with van der Waals surface area (Å²) in [7, 11) is 2.85. The van der Waals surface area contributed by atoms with Crippen molar-refractivity contribution in [3.63, 3.8) is 0 Å². The quantitative estimate of drug-likeness (QED) is 0.283. The number of nitrogens with one attached hydrogen (secondary N) is 2. The molecule has 230 valence electrons. The molecule has 2 saturated heterocycles. The van der Waals surface area contributed by atoms with Gasteiger partial charge in [-0.05, 0) is 61.1 Å². The fourth-order valence-electron chi connectivity index (χ4n) is 8.11. The fraction of sp³-hybridized carbons (Fsp3) is 0.314. The van der Waals surface area contributed by atoms with Crippen LogP contribution in [0, 0.1) is 30.6 Å². The van der Waals surface area contributed by atoms with E-state index in [0.29, 0.717) is 23.2 Å². The molecule has 2 heterocycles. The summed E-state index contributed by atoms with van der Waals surface area (Å²) in [6, 6.07) is 20.0. The number of methoxy groups -OCH3 is 2. The molecule has 0 radical (unpaired) electrons. The molecule has 10 heteroatoms. The zero-order valence-electron chi connectivity index (χ0n) is 25.1. The minimum absolute atomic E-state index is 0.140. The number of nitrogens with zero attached hydrogens (tertiary/aromatic N) is 1. The average molecular weight is 608 g/mol. The molecule has 7 rings (SSSR count). The Balaban J connectivity index is 1.49. The van der Waals surface area contributed by atoms with Crippen molar-refractivity contribution in [1.29, 1.82) is 0 Å². The molecular formula is C35H33N3O7. The number of phenols is 1. The molecule has 1 saturated carbocycles. The maximum Gasteiger partial charge on any atom is 0.260 e. The number of hydrogen-bond acceptors (Lipinski definition) is 8. The van der Waals surface area contributed by atoms with Gasteiger partial charge in [-0.1, -0.05) is 59.7 Å². The Labute approximate surface area is 260 Å². The molecule has 0 aromatic heterocycles. The van der Waals surface area contributed by atoms with Crippen LogP contribution in [-0.2, 0) is 24.6 Å². The van der Waals surface area contributed by atoms with Crippen molar-refractivity contribution in [2.45, 2.75) is 31.1 Å². The second-order valence-electron chi connectivity index (χ2n) is 12.2. The van der Waals surface area contributed by atoms with Crippen molar-refractivity contribution >= 4 is 29.3 Å². The van der Waals surface area contributed by atoms with Crippen LogP contribution in [0.4, 0.5) is 5.69 Å². The predicted octanol–water partition coefficient (Wildman–Crippen LogP) is 3.99. The van der Waals surface area contributed by atoms with E-state index in [-0.39, 0.29) is 35.5 Å². The summed E-state index contributed by atoms with van der Waals surface area (Å²) in [6.07, 6.45) is 2.48. The number of phenolic OH excluding ortho intramolecular Hbond substituents is 1. The first-order chi connectivity index (χ1) is 21.7. The number of aromatic hydroxyl groups is 1. The van der Waals surface area contributed by atoms with Crippen LogP contribution >= 0.6 is 0 Å². The summed E-state index contributed by atoms with van der Waals surface area (Å²) >= 11 is 0. The second-order valence-corrected chi connectivity index (χ2v) is 12.2. The van der Waals surface area contributed by atoms with Crippen LogP contribution in [0.25, 0.3) is 0 Å². The SMILES string of the molecule is COc1cc(C2C3=CCC4C(=O)NC(=O)C4C3CC3C(=O)N(Nc4ccc(C)cc4)C(=O)C32c2ccccc2)cc(OC)c1O. The Bertz CT molecular complexity index is 1740. The predicted molar refractivity (Wildman–Crippen MR) is 163 cm³/mol. The molecule has 0 bridgehead atoms. The van der Waals surface area contributed by atoms with Crippen LogP contribution in [0.5, 0.6) is 17.2 Å². The summed E-state index contributed by atoms with van der Waals surface area (Å²) in [5, 5.41) is 14.4. The maximum absolute atomic E-state index is 15.1. The minimum atomic E-state index is -1.43. The second kappa shape index (κ2) is 10.5. The van der Waals surface area contributed by atoms with Gasteiger partial charge in [-0.2, -0.15) is 5.01 Å². The first-order valence-corrected chi connectivity index (χ1v) is 15.0. The lowest BCUT2D eigenvalue weighted by Gasteiger charge is -2.50. The molecule has 3 N–H and O–H groups in total. The smallest absolute Gasteiger partial charge is 0.260 e. The largest absolute Gasteiger partial charge is 0.502 e. The van der Waals surface area contributed by atoms with Crippen molar-refractivity contribution in [1.82, 2.24) is 10.3 Å². The standard InChI is InChI=1S/C35H33N3O7/c1-18-9-11-21(12-10-18)37-38-33(42)25-17-24-22(13-14-23-28(24)32(41)36-31(23)40)29(19-15-26(44-2)30(39)27(16-19)45-3)35(25,34(38)43)20-7-5-4-6-8-20/h4-13,15-16,23-25,28-29,37,39H,14,17H2,1-3H3,(H,36,40,41). The average Bonchev–Trinajstić information content (AvgIpc) is 3.46. The Morgan fingerprint density at radius 3 is 2.22 bits per heavy atom. The lowest BCUT2D eigenvalue weighted by Crippen LogP contribution is -2.53. The van der Waals surface area contributed by atoms with Crippen molar-refractivity contribution in [2.24, 2.45) is 23.7 Å². The van der Waals surface area contributed by atoms with Gasteiger partial charge in [0.25, 0.3) is 11.8 Å². The number of amides is 4. The number of benzene rings is 3. The van der Waals surface area contributed by atoms with Crippen LogP contribution in [0.2, 0.25) is 0 Å². The van der Waals surface area contributed by atoms with E-state index in [2.05, 4.69) is 10.7 Å². The number of carbonyl (C=O) groups is 4. The third-order valence-corrected chi connectivity index (χ3v) is 10.1. The molecule has 45 heavy (non-hydrogen) atoms. The third-order valence-electron chi connectivity index (χ3n) is 10.1. The molecule has 3 aromatic carbocycles. The molecule has 6 unspecified atom stereocenters. The molecule has 3 fully saturated rings. The van der Waals surface area contributed by atoms with Crippen LogP contribution in [0.1, 0.15) is 35.4 Å². The number of hydrazine groups is 1. The van der Waals surface area contributed by atoms with E-state index >= 15 is 4.79 Å². The molecule has 4 aliphatic rings. The number of carbonyl (C=O) groups excluding carboxylic acids is 4. The summed E-state index contributed by atoms with van der Waals surface area (Å²) in [4.78, 5) is 55.7. The lowest BCUT2D eigenvalue weighted by molar-refractivity contribution is -0.138. The Morgan fingerprint density at radius 2 is 1.58 bits per heavy atom. The van der Waals surface area contributed by atoms with Crippen molar-refractivity contribution < 1.29 is 33.8 Å². The molecule has 3 aromatic rings. The number of rotatable bonds is 6. The van der Waals surface area contributed by atoms with Gasteiger partial charge in [0.15, 0.2) is 11.5 Å². The minimum Gasteiger partial charge on any atom is -0.502 e. The van der Waals surface area contributed by atoms with Gasteiger partial charge in [0.05, 0.1) is 43.1 Å². The van der Waals surface area contributed by atoms with Crippen molar-refractivity contribution in [3.05, 3.63) is 95.1 Å². The normalized spacial score (nSPS) is 28.6. The van der Waals surface area contributed by atoms with Crippen LogP contribution < -0.4 is 20.2 Å². The van der Waals surface area contributed by atoms with Crippen molar-refractivity contribution in [3.8, 4) is 17.2 Å². The van der Waals surface area contributed by atoms with Gasteiger partial charge in [0.2, 0.25) is 17.6 Å². The van der Waals surface area contributed by atoms with E-state index in [1.165, 1.54) is 14.2 Å².